The number of nitrogens with one attached hydrogen (secondary N) is 2. The highest BCUT2D eigenvalue weighted by Crippen LogP contribution is 2.17. The van der Waals surface area contributed by atoms with Crippen molar-refractivity contribution in [2.24, 2.45) is 0 Å². The van der Waals surface area contributed by atoms with Crippen LogP contribution in [0.25, 0.3) is 0 Å². The van der Waals surface area contributed by atoms with Crippen LogP contribution in [0.3, 0.4) is 0 Å². The monoisotopic (exact) mass is 302 g/mol. The van der Waals surface area contributed by atoms with Crippen LogP contribution in [-0.2, 0) is 11.3 Å². The van der Waals surface area contributed by atoms with Crippen LogP contribution in [0.1, 0.15) is 26.0 Å². The maximum Gasteiger partial charge on any atom is 0.238 e. The molecule has 2 N–H and O–H groups in total. The van der Waals surface area contributed by atoms with Crippen molar-refractivity contribution >= 4 is 11.6 Å². The van der Waals surface area contributed by atoms with Gasteiger partial charge in [-0.15, -0.1) is 0 Å². The van der Waals surface area contributed by atoms with Gasteiger partial charge in [0.25, 0.3) is 0 Å². The van der Waals surface area contributed by atoms with Gasteiger partial charge >= 0.3 is 0 Å². The Labute approximate surface area is 130 Å². The molecule has 5 nitrogen and oxygen atoms in total. The molecule has 1 aromatic carbocycles. The van der Waals surface area contributed by atoms with Gasteiger partial charge < -0.3 is 19.8 Å². The second-order valence-corrected chi connectivity index (χ2v) is 5.09. The lowest BCUT2D eigenvalue weighted by molar-refractivity contribution is -0.115. The van der Waals surface area contributed by atoms with Crippen LogP contribution in [0.2, 0.25) is 0 Å². The largest absolute Gasteiger partial charge is 0.491 e. The predicted octanol–water partition coefficient (Wildman–Crippen LogP) is 3.19. The molecule has 118 valence electrons. The number of carbonyl (C=O) groups excluding carboxylic acids is 1. The molecule has 0 spiro atoms. The van der Waals surface area contributed by atoms with Crippen LogP contribution in [-0.4, -0.2) is 18.6 Å². The van der Waals surface area contributed by atoms with Crippen molar-refractivity contribution in [2.45, 2.75) is 32.9 Å². The average molecular weight is 302 g/mol. The number of anilines is 1. The summed E-state index contributed by atoms with van der Waals surface area (Å²) in [7, 11) is 0. The van der Waals surface area contributed by atoms with E-state index in [0.717, 1.165) is 23.6 Å². The summed E-state index contributed by atoms with van der Waals surface area (Å²) in [6.07, 6.45) is 2.76. The molecule has 0 aliphatic rings. The topological polar surface area (TPSA) is 63.5 Å². The molecule has 0 radical (unpaired) electrons. The molecule has 0 aliphatic carbocycles. The Morgan fingerprint density at radius 3 is 2.68 bits per heavy atom. The van der Waals surface area contributed by atoms with Gasteiger partial charge in [0, 0.05) is 5.69 Å². The minimum atomic E-state index is -0.0952. The van der Waals surface area contributed by atoms with E-state index in [1.54, 1.807) is 6.26 Å². The molecule has 0 fully saturated rings. The van der Waals surface area contributed by atoms with E-state index in [1.807, 2.05) is 43.3 Å². The fourth-order valence-electron chi connectivity index (χ4n) is 1.85. The Morgan fingerprint density at radius 1 is 1.27 bits per heavy atom. The summed E-state index contributed by atoms with van der Waals surface area (Å²) in [5.41, 5.74) is 0.751. The van der Waals surface area contributed by atoms with Crippen molar-refractivity contribution in [1.29, 1.82) is 0 Å². The van der Waals surface area contributed by atoms with E-state index >= 15 is 0 Å². The lowest BCUT2D eigenvalue weighted by Crippen LogP contribution is -2.27. The van der Waals surface area contributed by atoms with Gasteiger partial charge in [-0.05, 0) is 49.7 Å². The molecule has 0 aliphatic heterocycles. The molecule has 0 bridgehead atoms. The van der Waals surface area contributed by atoms with E-state index in [2.05, 4.69) is 17.6 Å². The van der Waals surface area contributed by atoms with Gasteiger partial charge in [-0.2, -0.15) is 0 Å². The maximum atomic E-state index is 11.8. The molecule has 1 heterocycles. The van der Waals surface area contributed by atoms with Gasteiger partial charge in [-0.3, -0.25) is 4.79 Å². The highest BCUT2D eigenvalue weighted by Gasteiger charge is 2.04. The van der Waals surface area contributed by atoms with Gasteiger partial charge in [0.1, 0.15) is 11.5 Å². The van der Waals surface area contributed by atoms with Crippen molar-refractivity contribution in [3.05, 3.63) is 48.4 Å². The summed E-state index contributed by atoms with van der Waals surface area (Å²) in [4.78, 5) is 11.8. The number of carbonyl (C=O) groups is 1. The number of amides is 1. The SMILES string of the molecule is CCC(C)Oc1ccc(NC(=O)CNCc2ccco2)cc1. The second kappa shape index (κ2) is 8.24. The number of hydrogen-bond acceptors (Lipinski definition) is 4. The standard InChI is InChI=1S/C17H22N2O3/c1-3-13(2)22-15-8-6-14(7-9-15)19-17(20)12-18-11-16-5-4-10-21-16/h4-10,13,18H,3,11-12H2,1-2H3,(H,19,20). The molecule has 1 atom stereocenters. The highest BCUT2D eigenvalue weighted by molar-refractivity contribution is 5.92. The summed E-state index contributed by atoms with van der Waals surface area (Å²) in [5, 5.41) is 5.85. The van der Waals surface area contributed by atoms with E-state index in [9.17, 15) is 4.79 Å². The molecule has 0 saturated heterocycles. The van der Waals surface area contributed by atoms with Crippen molar-refractivity contribution < 1.29 is 13.9 Å². The summed E-state index contributed by atoms with van der Waals surface area (Å²) >= 11 is 0. The van der Waals surface area contributed by atoms with E-state index in [4.69, 9.17) is 9.15 Å². The van der Waals surface area contributed by atoms with Gasteiger partial charge in [-0.1, -0.05) is 6.92 Å². The van der Waals surface area contributed by atoms with Crippen molar-refractivity contribution in [3.63, 3.8) is 0 Å². The van der Waals surface area contributed by atoms with Crippen molar-refractivity contribution in [2.75, 3.05) is 11.9 Å². The third kappa shape index (κ3) is 5.26. The lowest BCUT2D eigenvalue weighted by atomic mass is 10.2. The molecule has 1 aromatic heterocycles. The van der Waals surface area contributed by atoms with E-state index in [0.29, 0.717) is 6.54 Å². The molecule has 22 heavy (non-hydrogen) atoms. The summed E-state index contributed by atoms with van der Waals surface area (Å²) < 4.78 is 10.9. The van der Waals surface area contributed by atoms with Crippen LogP contribution in [0.15, 0.2) is 47.1 Å². The summed E-state index contributed by atoms with van der Waals surface area (Å²) in [5.74, 6) is 1.52. The fourth-order valence-corrected chi connectivity index (χ4v) is 1.85. The van der Waals surface area contributed by atoms with Crippen LogP contribution in [0, 0.1) is 0 Å². The molecular formula is C17H22N2O3. The van der Waals surface area contributed by atoms with E-state index in [-0.39, 0.29) is 18.6 Å². The number of benzene rings is 1. The second-order valence-electron chi connectivity index (χ2n) is 5.09. The minimum absolute atomic E-state index is 0.0952. The number of rotatable bonds is 8. The van der Waals surface area contributed by atoms with E-state index in [1.165, 1.54) is 0 Å². The van der Waals surface area contributed by atoms with Crippen LogP contribution in [0.4, 0.5) is 5.69 Å². The zero-order valence-electron chi connectivity index (χ0n) is 13.0. The summed E-state index contributed by atoms with van der Waals surface area (Å²) in [6.45, 7) is 4.86. The summed E-state index contributed by atoms with van der Waals surface area (Å²) in [6, 6.07) is 11.1. The number of ether oxygens (including phenoxy) is 1. The third-order valence-corrected chi connectivity index (χ3v) is 3.22. The first kappa shape index (κ1) is 16.1. The molecule has 2 rings (SSSR count). The van der Waals surface area contributed by atoms with Gasteiger partial charge in [0.15, 0.2) is 0 Å². The van der Waals surface area contributed by atoms with Gasteiger partial charge in [0.2, 0.25) is 5.91 Å². The maximum absolute atomic E-state index is 11.8. The quantitative estimate of drug-likeness (QED) is 0.786. The smallest absolute Gasteiger partial charge is 0.238 e. The Hall–Kier alpha value is -2.27. The van der Waals surface area contributed by atoms with Crippen LogP contribution >= 0.6 is 0 Å². The predicted molar refractivity (Wildman–Crippen MR) is 85.9 cm³/mol. The molecular weight excluding hydrogens is 280 g/mol. The molecule has 5 heteroatoms. The first-order chi connectivity index (χ1) is 10.7. The average Bonchev–Trinajstić information content (AvgIpc) is 3.02. The Morgan fingerprint density at radius 2 is 2.05 bits per heavy atom. The first-order valence-corrected chi connectivity index (χ1v) is 7.47. The first-order valence-electron chi connectivity index (χ1n) is 7.47. The zero-order valence-corrected chi connectivity index (χ0v) is 13.0. The minimum Gasteiger partial charge on any atom is -0.491 e. The Kier molecular flexibility index (Phi) is 6.03. The van der Waals surface area contributed by atoms with Crippen LogP contribution in [0.5, 0.6) is 5.75 Å². The number of furan rings is 1. The van der Waals surface area contributed by atoms with Gasteiger partial charge in [-0.25, -0.2) is 0 Å². The highest BCUT2D eigenvalue weighted by atomic mass is 16.5. The third-order valence-electron chi connectivity index (χ3n) is 3.22. The van der Waals surface area contributed by atoms with Crippen LogP contribution < -0.4 is 15.4 Å². The Balaban J connectivity index is 1.74. The lowest BCUT2D eigenvalue weighted by Gasteiger charge is -2.13. The Bertz CT molecular complexity index is 564. The normalized spacial score (nSPS) is 11.9. The molecule has 1 amide bonds. The van der Waals surface area contributed by atoms with Crippen molar-refractivity contribution in [1.82, 2.24) is 5.32 Å². The van der Waals surface area contributed by atoms with E-state index < -0.39 is 0 Å². The zero-order chi connectivity index (χ0) is 15.8. The fraction of sp³-hybridized carbons (Fsp3) is 0.353. The molecule has 2 aromatic rings. The number of hydrogen-bond donors (Lipinski definition) is 2. The molecule has 1 unspecified atom stereocenters. The van der Waals surface area contributed by atoms with Gasteiger partial charge in [0.05, 0.1) is 25.5 Å². The van der Waals surface area contributed by atoms with Crippen molar-refractivity contribution in [3.8, 4) is 5.75 Å². The molecule has 0 saturated carbocycles.